The summed E-state index contributed by atoms with van der Waals surface area (Å²) in [4.78, 5) is 10.7. The van der Waals surface area contributed by atoms with E-state index >= 15 is 0 Å². The second-order valence-electron chi connectivity index (χ2n) is 2.69. The highest BCUT2D eigenvalue weighted by molar-refractivity contribution is 5.79. The second-order valence-corrected chi connectivity index (χ2v) is 2.69. The van der Waals surface area contributed by atoms with E-state index in [2.05, 4.69) is 0 Å². The Morgan fingerprint density at radius 2 is 2.18 bits per heavy atom. The Morgan fingerprint density at radius 3 is 2.45 bits per heavy atom. The molecule has 5 heteroatoms. The van der Waals surface area contributed by atoms with Gasteiger partial charge in [-0.3, -0.25) is 10.2 Å². The smallest absolute Gasteiger partial charge is 0.242 e. The van der Waals surface area contributed by atoms with Crippen molar-refractivity contribution in [1.82, 2.24) is 5.43 Å². The molecule has 0 aromatic rings. The number of hydrogen-bond acceptors (Lipinski definition) is 2. The van der Waals surface area contributed by atoms with Crippen LogP contribution >= 0.6 is 0 Å². The third-order valence-corrected chi connectivity index (χ3v) is 2.13. The maximum absolute atomic E-state index is 12.0. The molecule has 64 valence electrons. The highest BCUT2D eigenvalue weighted by Crippen LogP contribution is 2.38. The van der Waals surface area contributed by atoms with Crippen molar-refractivity contribution in [3.05, 3.63) is 0 Å². The first-order valence-electron chi connectivity index (χ1n) is 3.45. The lowest BCUT2D eigenvalue weighted by Crippen LogP contribution is -2.45. The van der Waals surface area contributed by atoms with E-state index in [1.54, 1.807) is 0 Å². The molecule has 0 radical (unpaired) electrons. The van der Waals surface area contributed by atoms with Gasteiger partial charge in [0.05, 0.1) is 0 Å². The molecule has 0 bridgehead atoms. The SMILES string of the molecule is NNC(=O)[C@H]1CC[C@H]1C(F)F. The molecule has 0 spiro atoms. The normalized spacial score (nSPS) is 29.8. The number of hydrogen-bond donors (Lipinski definition) is 2. The van der Waals surface area contributed by atoms with Gasteiger partial charge in [-0.05, 0) is 12.8 Å². The standard InChI is InChI=1S/C6H10F2N2O/c7-5(8)3-1-2-4(3)6(11)10-9/h3-5H,1-2,9H2,(H,10,11)/t3-,4+/m1/s1. The fourth-order valence-electron chi connectivity index (χ4n) is 1.26. The zero-order valence-electron chi connectivity index (χ0n) is 5.89. The van der Waals surface area contributed by atoms with Crippen LogP contribution in [0.2, 0.25) is 0 Å². The molecule has 1 fully saturated rings. The minimum absolute atomic E-state index is 0.426. The molecule has 1 aliphatic carbocycles. The molecular weight excluding hydrogens is 154 g/mol. The van der Waals surface area contributed by atoms with Crippen LogP contribution in [0.3, 0.4) is 0 Å². The lowest BCUT2D eigenvalue weighted by atomic mass is 9.73. The maximum Gasteiger partial charge on any atom is 0.242 e. The van der Waals surface area contributed by atoms with Gasteiger partial charge in [0.1, 0.15) is 0 Å². The molecule has 2 atom stereocenters. The predicted molar refractivity (Wildman–Crippen MR) is 34.5 cm³/mol. The lowest BCUT2D eigenvalue weighted by Gasteiger charge is -2.33. The van der Waals surface area contributed by atoms with Gasteiger partial charge in [0.2, 0.25) is 12.3 Å². The molecule has 0 unspecified atom stereocenters. The average molecular weight is 164 g/mol. The quantitative estimate of drug-likeness (QED) is 0.349. The highest BCUT2D eigenvalue weighted by atomic mass is 19.3. The van der Waals surface area contributed by atoms with Gasteiger partial charge in [-0.15, -0.1) is 0 Å². The number of rotatable bonds is 2. The fourth-order valence-corrected chi connectivity index (χ4v) is 1.26. The van der Waals surface area contributed by atoms with Crippen LogP contribution in [0.1, 0.15) is 12.8 Å². The largest absolute Gasteiger partial charge is 0.294 e. The van der Waals surface area contributed by atoms with Gasteiger partial charge in [-0.1, -0.05) is 0 Å². The number of nitrogens with two attached hydrogens (primary N) is 1. The Bertz CT molecular complexity index is 163. The molecule has 3 N–H and O–H groups in total. The van der Waals surface area contributed by atoms with Crippen molar-refractivity contribution in [1.29, 1.82) is 0 Å². The van der Waals surface area contributed by atoms with Crippen LogP contribution in [-0.2, 0) is 4.79 Å². The molecule has 1 saturated carbocycles. The first-order valence-corrected chi connectivity index (χ1v) is 3.45. The summed E-state index contributed by atoms with van der Waals surface area (Å²) in [7, 11) is 0. The molecule has 1 rings (SSSR count). The Hall–Kier alpha value is -0.710. The van der Waals surface area contributed by atoms with Crippen LogP contribution < -0.4 is 11.3 Å². The van der Waals surface area contributed by atoms with Gasteiger partial charge < -0.3 is 0 Å². The first kappa shape index (κ1) is 8.39. The Labute approximate surface area is 62.9 Å². The van der Waals surface area contributed by atoms with E-state index in [9.17, 15) is 13.6 Å². The number of carbonyl (C=O) groups is 1. The van der Waals surface area contributed by atoms with Crippen LogP contribution in [0.4, 0.5) is 8.78 Å². The van der Waals surface area contributed by atoms with E-state index in [-0.39, 0.29) is 0 Å². The Morgan fingerprint density at radius 1 is 1.55 bits per heavy atom. The monoisotopic (exact) mass is 164 g/mol. The van der Waals surface area contributed by atoms with E-state index in [0.29, 0.717) is 12.8 Å². The van der Waals surface area contributed by atoms with E-state index < -0.39 is 24.2 Å². The molecule has 0 aromatic heterocycles. The minimum atomic E-state index is -2.40. The Balaban J connectivity index is 2.43. The number of carbonyl (C=O) groups excluding carboxylic acids is 1. The molecule has 0 aliphatic heterocycles. The van der Waals surface area contributed by atoms with E-state index in [4.69, 9.17) is 5.84 Å². The van der Waals surface area contributed by atoms with Crippen molar-refractivity contribution >= 4 is 5.91 Å². The van der Waals surface area contributed by atoms with Gasteiger partial charge in [-0.2, -0.15) is 0 Å². The number of nitrogens with one attached hydrogen (secondary N) is 1. The van der Waals surface area contributed by atoms with Gasteiger partial charge >= 0.3 is 0 Å². The van der Waals surface area contributed by atoms with E-state index in [0.717, 1.165) is 0 Å². The van der Waals surface area contributed by atoms with Crippen molar-refractivity contribution in [3.8, 4) is 0 Å². The van der Waals surface area contributed by atoms with Gasteiger partial charge in [-0.25, -0.2) is 14.6 Å². The molecule has 0 saturated heterocycles. The van der Waals surface area contributed by atoms with Gasteiger partial charge in [0, 0.05) is 11.8 Å². The van der Waals surface area contributed by atoms with Gasteiger partial charge in [0.15, 0.2) is 0 Å². The summed E-state index contributed by atoms with van der Waals surface area (Å²) in [6.45, 7) is 0. The molecule has 1 amide bonds. The molecule has 1 aliphatic rings. The molecule has 11 heavy (non-hydrogen) atoms. The fraction of sp³-hybridized carbons (Fsp3) is 0.833. The summed E-state index contributed by atoms with van der Waals surface area (Å²) in [6.07, 6.45) is -1.45. The lowest BCUT2D eigenvalue weighted by molar-refractivity contribution is -0.135. The zero-order valence-corrected chi connectivity index (χ0v) is 5.89. The zero-order chi connectivity index (χ0) is 8.43. The van der Waals surface area contributed by atoms with E-state index in [1.165, 1.54) is 0 Å². The highest BCUT2D eigenvalue weighted by Gasteiger charge is 2.41. The van der Waals surface area contributed by atoms with Crippen LogP contribution in [-0.4, -0.2) is 12.3 Å². The number of amides is 1. The molecule has 3 nitrogen and oxygen atoms in total. The predicted octanol–water partition coefficient (Wildman–Crippen LogP) is 0.268. The third kappa shape index (κ3) is 1.48. The van der Waals surface area contributed by atoms with Crippen molar-refractivity contribution in [2.75, 3.05) is 0 Å². The second kappa shape index (κ2) is 3.13. The van der Waals surface area contributed by atoms with Crippen LogP contribution in [0.25, 0.3) is 0 Å². The molecular formula is C6H10F2N2O. The third-order valence-electron chi connectivity index (χ3n) is 2.13. The summed E-state index contributed by atoms with van der Waals surface area (Å²) in [5.41, 5.74) is 1.88. The first-order chi connectivity index (χ1) is 5.16. The van der Waals surface area contributed by atoms with Crippen molar-refractivity contribution in [3.63, 3.8) is 0 Å². The topological polar surface area (TPSA) is 55.1 Å². The average Bonchev–Trinajstić information content (AvgIpc) is 1.83. The minimum Gasteiger partial charge on any atom is -0.294 e. The number of alkyl halides is 2. The van der Waals surface area contributed by atoms with Crippen molar-refractivity contribution in [2.24, 2.45) is 17.7 Å². The maximum atomic E-state index is 12.0. The van der Waals surface area contributed by atoms with Gasteiger partial charge in [0.25, 0.3) is 0 Å². The Kier molecular flexibility index (Phi) is 2.38. The summed E-state index contributed by atoms with van der Waals surface area (Å²) in [6, 6.07) is 0. The van der Waals surface area contributed by atoms with Crippen molar-refractivity contribution in [2.45, 2.75) is 19.3 Å². The summed E-state index contributed by atoms with van der Waals surface area (Å²) < 4.78 is 24.0. The summed E-state index contributed by atoms with van der Waals surface area (Å²) in [5, 5.41) is 0. The molecule has 0 heterocycles. The van der Waals surface area contributed by atoms with Crippen molar-refractivity contribution < 1.29 is 13.6 Å². The van der Waals surface area contributed by atoms with Crippen LogP contribution in [0.15, 0.2) is 0 Å². The van der Waals surface area contributed by atoms with E-state index in [1.807, 2.05) is 5.43 Å². The summed E-state index contributed by atoms with van der Waals surface area (Å²) in [5.74, 6) is 2.98. The van der Waals surface area contributed by atoms with Crippen LogP contribution in [0.5, 0.6) is 0 Å². The summed E-state index contributed by atoms with van der Waals surface area (Å²) >= 11 is 0. The number of hydrazine groups is 1. The van der Waals surface area contributed by atoms with Crippen LogP contribution in [0, 0.1) is 11.8 Å². The molecule has 0 aromatic carbocycles. The number of halogens is 2.